The van der Waals surface area contributed by atoms with E-state index >= 15 is 0 Å². The molecule has 4 nitrogen and oxygen atoms in total. The zero-order chi connectivity index (χ0) is 13.2. The minimum absolute atomic E-state index is 0.356. The lowest BCUT2D eigenvalue weighted by atomic mass is 10.1. The van der Waals surface area contributed by atoms with E-state index in [4.69, 9.17) is 9.47 Å². The minimum Gasteiger partial charge on any atom is -0.493 e. The summed E-state index contributed by atoms with van der Waals surface area (Å²) >= 11 is 1.80. The highest BCUT2D eigenvalue weighted by Gasteiger charge is 2.15. The largest absolute Gasteiger partial charge is 0.493 e. The van der Waals surface area contributed by atoms with Crippen LogP contribution in [0.15, 0.2) is 29.8 Å². The molecular formula is C14H14N2O2S. The molecule has 0 aliphatic carbocycles. The average molecular weight is 274 g/mol. The molecular weight excluding hydrogens is 260 g/mol. The first-order valence-corrected chi connectivity index (χ1v) is 7.03. The van der Waals surface area contributed by atoms with Gasteiger partial charge in [-0.25, -0.2) is 4.98 Å². The predicted molar refractivity (Wildman–Crippen MR) is 77.0 cm³/mol. The number of ether oxygens (including phenoxy) is 2. The molecule has 3 rings (SSSR count). The van der Waals surface area contributed by atoms with E-state index in [-0.39, 0.29) is 0 Å². The van der Waals surface area contributed by atoms with Crippen molar-refractivity contribution in [3.05, 3.63) is 35.5 Å². The Balaban J connectivity index is 2.09. The summed E-state index contributed by atoms with van der Waals surface area (Å²) in [6.07, 6.45) is 4.01. The van der Waals surface area contributed by atoms with Crippen LogP contribution in [0.1, 0.15) is 11.6 Å². The molecule has 0 bridgehead atoms. The number of nitrogens with zero attached hydrogens (tertiary/aromatic N) is 2. The van der Waals surface area contributed by atoms with Gasteiger partial charge in [0.2, 0.25) is 0 Å². The third kappa shape index (κ3) is 2.26. The van der Waals surface area contributed by atoms with Crippen LogP contribution in [-0.2, 0) is 0 Å². The third-order valence-corrected chi connectivity index (χ3v) is 4.03. The summed E-state index contributed by atoms with van der Waals surface area (Å²) in [7, 11) is 3.24. The van der Waals surface area contributed by atoms with Crippen molar-refractivity contribution in [2.45, 2.75) is 5.92 Å². The molecule has 19 heavy (non-hydrogen) atoms. The molecule has 1 aromatic carbocycles. The van der Waals surface area contributed by atoms with E-state index in [9.17, 15) is 0 Å². The quantitative estimate of drug-likeness (QED) is 0.861. The summed E-state index contributed by atoms with van der Waals surface area (Å²) in [5.74, 6) is 2.74. The first-order chi connectivity index (χ1) is 9.31. The summed E-state index contributed by atoms with van der Waals surface area (Å²) in [5, 5.41) is 2.12. The summed E-state index contributed by atoms with van der Waals surface area (Å²) < 4.78 is 10.6. The van der Waals surface area contributed by atoms with Gasteiger partial charge in [-0.1, -0.05) is 6.08 Å². The van der Waals surface area contributed by atoms with Gasteiger partial charge in [-0.3, -0.25) is 4.98 Å². The lowest BCUT2D eigenvalue weighted by molar-refractivity contribution is 0.355. The van der Waals surface area contributed by atoms with Gasteiger partial charge < -0.3 is 9.47 Å². The van der Waals surface area contributed by atoms with Gasteiger partial charge in [0.05, 0.1) is 30.9 Å². The number of fused-ring (bicyclic) bond motifs is 1. The second-order valence-electron chi connectivity index (χ2n) is 4.26. The topological polar surface area (TPSA) is 44.2 Å². The number of hydrogen-bond acceptors (Lipinski definition) is 5. The number of allylic oxidation sites excluding steroid dienone is 1. The highest BCUT2D eigenvalue weighted by atomic mass is 32.2. The Morgan fingerprint density at radius 3 is 2.53 bits per heavy atom. The van der Waals surface area contributed by atoms with Crippen molar-refractivity contribution in [3.8, 4) is 11.5 Å². The van der Waals surface area contributed by atoms with Gasteiger partial charge in [0.25, 0.3) is 0 Å². The number of hydrogen-bond donors (Lipinski definition) is 0. The van der Waals surface area contributed by atoms with Crippen molar-refractivity contribution in [1.82, 2.24) is 9.97 Å². The second kappa shape index (κ2) is 5.09. The van der Waals surface area contributed by atoms with Crippen LogP contribution in [-0.4, -0.2) is 29.9 Å². The van der Waals surface area contributed by atoms with E-state index in [1.807, 2.05) is 18.3 Å². The van der Waals surface area contributed by atoms with Gasteiger partial charge in [-0.2, -0.15) is 0 Å². The first kappa shape index (κ1) is 12.3. The summed E-state index contributed by atoms with van der Waals surface area (Å²) in [6.45, 7) is 0. The Kier molecular flexibility index (Phi) is 3.29. The van der Waals surface area contributed by atoms with E-state index in [1.165, 1.54) is 0 Å². The van der Waals surface area contributed by atoms with Crippen LogP contribution in [0.4, 0.5) is 0 Å². The highest BCUT2D eigenvalue weighted by molar-refractivity contribution is 8.02. The maximum Gasteiger partial charge on any atom is 0.163 e. The monoisotopic (exact) mass is 274 g/mol. The van der Waals surface area contributed by atoms with Crippen LogP contribution in [0.5, 0.6) is 11.5 Å². The van der Waals surface area contributed by atoms with Gasteiger partial charge in [-0.15, -0.1) is 11.8 Å². The van der Waals surface area contributed by atoms with Crippen molar-refractivity contribution in [3.63, 3.8) is 0 Å². The SMILES string of the molecule is COc1cc2ncc(C3C=CSC3)nc2cc1OC. The van der Waals surface area contributed by atoms with Gasteiger partial charge in [0.1, 0.15) is 0 Å². The second-order valence-corrected chi connectivity index (χ2v) is 5.20. The van der Waals surface area contributed by atoms with Crippen LogP contribution < -0.4 is 9.47 Å². The molecule has 0 fully saturated rings. The zero-order valence-corrected chi connectivity index (χ0v) is 11.6. The number of thioether (sulfide) groups is 1. The van der Waals surface area contributed by atoms with Gasteiger partial charge >= 0.3 is 0 Å². The third-order valence-electron chi connectivity index (χ3n) is 3.13. The molecule has 0 amide bonds. The Hall–Kier alpha value is -1.75. The van der Waals surface area contributed by atoms with Crippen molar-refractivity contribution in [2.24, 2.45) is 0 Å². The molecule has 1 aromatic heterocycles. The molecule has 0 N–H and O–H groups in total. The summed E-state index contributed by atoms with van der Waals surface area (Å²) in [4.78, 5) is 9.15. The fraction of sp³-hybridized carbons (Fsp3) is 0.286. The van der Waals surface area contributed by atoms with E-state index in [2.05, 4.69) is 21.5 Å². The van der Waals surface area contributed by atoms with Crippen molar-refractivity contribution in [2.75, 3.05) is 20.0 Å². The first-order valence-electron chi connectivity index (χ1n) is 5.99. The van der Waals surface area contributed by atoms with Crippen LogP contribution >= 0.6 is 11.8 Å². The smallest absolute Gasteiger partial charge is 0.163 e. The van der Waals surface area contributed by atoms with Crippen molar-refractivity contribution < 1.29 is 9.47 Å². The Bertz CT molecular complexity index is 643. The van der Waals surface area contributed by atoms with Crippen molar-refractivity contribution in [1.29, 1.82) is 0 Å². The molecule has 1 unspecified atom stereocenters. The number of rotatable bonds is 3. The molecule has 0 saturated carbocycles. The molecule has 1 atom stereocenters. The van der Waals surface area contributed by atoms with Gasteiger partial charge in [0.15, 0.2) is 11.5 Å². The predicted octanol–water partition coefficient (Wildman–Crippen LogP) is 2.99. The van der Waals surface area contributed by atoms with E-state index < -0.39 is 0 Å². The Morgan fingerprint density at radius 2 is 1.89 bits per heavy atom. The Morgan fingerprint density at radius 1 is 1.16 bits per heavy atom. The van der Waals surface area contributed by atoms with Gasteiger partial charge in [0, 0.05) is 30.0 Å². The van der Waals surface area contributed by atoms with E-state index in [1.54, 1.807) is 26.0 Å². The zero-order valence-electron chi connectivity index (χ0n) is 10.8. The van der Waals surface area contributed by atoms with Crippen LogP contribution in [0.25, 0.3) is 11.0 Å². The highest BCUT2D eigenvalue weighted by Crippen LogP contribution is 2.32. The Labute approximate surface area is 115 Å². The molecule has 5 heteroatoms. The number of benzene rings is 1. The molecule has 1 aliphatic rings. The van der Waals surface area contributed by atoms with Crippen LogP contribution in [0.3, 0.4) is 0 Å². The minimum atomic E-state index is 0.356. The summed E-state index contributed by atoms with van der Waals surface area (Å²) in [6, 6.07) is 3.72. The lowest BCUT2D eigenvalue weighted by Gasteiger charge is -2.10. The maximum atomic E-state index is 5.30. The molecule has 0 saturated heterocycles. The maximum absolute atomic E-state index is 5.30. The molecule has 2 heterocycles. The molecule has 0 spiro atoms. The lowest BCUT2D eigenvalue weighted by Crippen LogP contribution is -2.00. The number of aromatic nitrogens is 2. The fourth-order valence-electron chi connectivity index (χ4n) is 2.08. The van der Waals surface area contributed by atoms with Crippen LogP contribution in [0.2, 0.25) is 0 Å². The molecule has 2 aromatic rings. The van der Waals surface area contributed by atoms with Gasteiger partial charge in [-0.05, 0) is 5.41 Å². The van der Waals surface area contributed by atoms with E-state index in [0.717, 1.165) is 22.5 Å². The molecule has 0 radical (unpaired) electrons. The van der Waals surface area contributed by atoms with E-state index in [0.29, 0.717) is 17.4 Å². The number of methoxy groups -OCH3 is 2. The van der Waals surface area contributed by atoms with Crippen LogP contribution in [0, 0.1) is 0 Å². The summed E-state index contributed by atoms with van der Waals surface area (Å²) in [5.41, 5.74) is 2.65. The molecule has 1 aliphatic heterocycles. The standard InChI is InChI=1S/C14H14N2O2S/c1-17-13-5-10-11(6-14(13)18-2)16-12(7-15-10)9-3-4-19-8-9/h3-7,9H,8H2,1-2H3. The normalized spacial score (nSPS) is 17.9. The van der Waals surface area contributed by atoms with Crippen molar-refractivity contribution >= 4 is 22.8 Å². The average Bonchev–Trinajstić information content (AvgIpc) is 2.99. The molecule has 98 valence electrons. The fourth-order valence-corrected chi connectivity index (χ4v) is 2.98.